The van der Waals surface area contributed by atoms with E-state index in [9.17, 15) is 0 Å². The molecule has 1 atom stereocenters. The lowest BCUT2D eigenvalue weighted by atomic mass is 10.1. The molecule has 1 aromatic rings. The molecule has 0 amide bonds. The Kier molecular flexibility index (Phi) is 7.08. The van der Waals surface area contributed by atoms with Gasteiger partial charge in [-0.05, 0) is 43.5 Å². The molecule has 0 radical (unpaired) electrons. The molecule has 0 aliphatic carbocycles. The maximum absolute atomic E-state index is 3.51. The fourth-order valence-electron chi connectivity index (χ4n) is 2.67. The highest BCUT2D eigenvalue weighted by Crippen LogP contribution is 2.18. The molecule has 1 unspecified atom stereocenters. The average Bonchev–Trinajstić information content (AvgIpc) is 2.47. The van der Waals surface area contributed by atoms with Crippen LogP contribution in [0, 0.1) is 5.92 Å². The zero-order valence-electron chi connectivity index (χ0n) is 13.8. The first kappa shape index (κ1) is 16.9. The van der Waals surface area contributed by atoms with Crippen molar-refractivity contribution in [2.24, 2.45) is 5.92 Å². The Hall–Kier alpha value is -0.510. The van der Waals surface area contributed by atoms with Gasteiger partial charge in [-0.3, -0.25) is 4.90 Å². The molecule has 1 aromatic carbocycles. The highest BCUT2D eigenvalue weighted by molar-refractivity contribution is 7.99. The van der Waals surface area contributed by atoms with Crippen molar-refractivity contribution in [3.05, 3.63) is 35.4 Å². The van der Waals surface area contributed by atoms with Crippen LogP contribution in [0.25, 0.3) is 0 Å². The van der Waals surface area contributed by atoms with E-state index in [1.807, 2.05) is 0 Å². The third-order valence-electron chi connectivity index (χ3n) is 4.06. The van der Waals surface area contributed by atoms with Gasteiger partial charge in [0.2, 0.25) is 0 Å². The van der Waals surface area contributed by atoms with Gasteiger partial charge in [-0.2, -0.15) is 11.8 Å². The van der Waals surface area contributed by atoms with Crippen molar-refractivity contribution in [3.8, 4) is 0 Å². The molecule has 0 aromatic heterocycles. The lowest BCUT2D eigenvalue weighted by molar-refractivity contribution is 0.224. The first-order valence-corrected chi connectivity index (χ1v) is 9.41. The summed E-state index contributed by atoms with van der Waals surface area (Å²) in [5.74, 6) is 3.29. The number of rotatable bonds is 7. The Balaban J connectivity index is 1.76. The Morgan fingerprint density at radius 2 is 1.95 bits per heavy atom. The summed E-state index contributed by atoms with van der Waals surface area (Å²) < 4.78 is 0. The van der Waals surface area contributed by atoms with Gasteiger partial charge in [0.25, 0.3) is 0 Å². The summed E-state index contributed by atoms with van der Waals surface area (Å²) in [5.41, 5.74) is 2.89. The molecule has 2 rings (SSSR count). The molecule has 1 fully saturated rings. The van der Waals surface area contributed by atoms with E-state index in [-0.39, 0.29) is 0 Å². The fraction of sp³-hybridized carbons (Fsp3) is 0.667. The molecule has 21 heavy (non-hydrogen) atoms. The smallest absolute Gasteiger partial charge is 0.0237 e. The van der Waals surface area contributed by atoms with Gasteiger partial charge in [-0.15, -0.1) is 0 Å². The Bertz CT molecular complexity index is 402. The zero-order valence-corrected chi connectivity index (χ0v) is 14.6. The molecule has 1 saturated heterocycles. The van der Waals surface area contributed by atoms with Gasteiger partial charge in [0.05, 0.1) is 0 Å². The van der Waals surface area contributed by atoms with Crippen LogP contribution >= 0.6 is 11.8 Å². The van der Waals surface area contributed by atoms with Crippen molar-refractivity contribution in [2.75, 3.05) is 31.1 Å². The Morgan fingerprint density at radius 3 is 2.62 bits per heavy atom. The summed E-state index contributed by atoms with van der Waals surface area (Å²) in [4.78, 5) is 2.61. The van der Waals surface area contributed by atoms with Crippen molar-refractivity contribution in [1.82, 2.24) is 10.2 Å². The molecule has 1 aliphatic heterocycles. The zero-order chi connectivity index (χ0) is 15.1. The minimum absolute atomic E-state index is 0.712. The molecule has 118 valence electrons. The first-order valence-electron chi connectivity index (χ1n) is 8.25. The normalized spacial score (nSPS) is 20.1. The predicted octanol–water partition coefficient (Wildman–Crippen LogP) is 3.41. The highest BCUT2D eigenvalue weighted by atomic mass is 32.2. The first-order chi connectivity index (χ1) is 10.1. The van der Waals surface area contributed by atoms with Gasteiger partial charge < -0.3 is 5.32 Å². The third-order valence-corrected chi connectivity index (χ3v) is 5.25. The highest BCUT2D eigenvalue weighted by Gasteiger charge is 2.18. The number of hydrogen-bond donors (Lipinski definition) is 1. The second kappa shape index (κ2) is 8.82. The van der Waals surface area contributed by atoms with Gasteiger partial charge in [0.1, 0.15) is 0 Å². The monoisotopic (exact) mass is 306 g/mol. The van der Waals surface area contributed by atoms with Gasteiger partial charge in [0, 0.05) is 30.6 Å². The number of benzene rings is 1. The summed E-state index contributed by atoms with van der Waals surface area (Å²) in [6.07, 6.45) is 1.13. The summed E-state index contributed by atoms with van der Waals surface area (Å²) in [6, 6.07) is 9.94. The SMILES string of the molecule is CC(C)CNCCc1ccc(CN2CCSCC2C)cc1. The van der Waals surface area contributed by atoms with Gasteiger partial charge in [0.15, 0.2) is 0 Å². The molecule has 0 bridgehead atoms. The van der Waals surface area contributed by atoms with E-state index in [4.69, 9.17) is 0 Å². The van der Waals surface area contributed by atoms with E-state index in [0.717, 1.165) is 32.0 Å². The maximum Gasteiger partial charge on any atom is 0.0237 e. The molecule has 1 heterocycles. The average molecular weight is 307 g/mol. The maximum atomic E-state index is 3.51. The molecular formula is C18H30N2S. The van der Waals surface area contributed by atoms with Crippen LogP contribution in [-0.4, -0.2) is 42.1 Å². The van der Waals surface area contributed by atoms with Crippen LogP contribution in [0.4, 0.5) is 0 Å². The van der Waals surface area contributed by atoms with Crippen LogP contribution in [0.15, 0.2) is 24.3 Å². The number of hydrogen-bond acceptors (Lipinski definition) is 3. The van der Waals surface area contributed by atoms with Crippen molar-refractivity contribution >= 4 is 11.8 Å². The second-order valence-electron chi connectivity index (χ2n) is 6.56. The van der Waals surface area contributed by atoms with Gasteiger partial charge in [-0.1, -0.05) is 38.1 Å². The fourth-order valence-corrected chi connectivity index (χ4v) is 3.75. The Labute approximate surface area is 134 Å². The molecule has 2 nitrogen and oxygen atoms in total. The van der Waals surface area contributed by atoms with Crippen LogP contribution in [0.2, 0.25) is 0 Å². The number of nitrogens with one attached hydrogen (secondary N) is 1. The van der Waals surface area contributed by atoms with Crippen molar-refractivity contribution < 1.29 is 0 Å². The molecule has 0 saturated carbocycles. The van der Waals surface area contributed by atoms with E-state index in [0.29, 0.717) is 6.04 Å². The third kappa shape index (κ3) is 6.01. The van der Waals surface area contributed by atoms with Gasteiger partial charge >= 0.3 is 0 Å². The van der Waals surface area contributed by atoms with Crippen LogP contribution in [0.5, 0.6) is 0 Å². The second-order valence-corrected chi connectivity index (χ2v) is 7.71. The summed E-state index contributed by atoms with van der Waals surface area (Å²) >= 11 is 2.08. The number of thioether (sulfide) groups is 1. The summed E-state index contributed by atoms with van der Waals surface area (Å²) in [7, 11) is 0. The van der Waals surface area contributed by atoms with Crippen molar-refractivity contribution in [2.45, 2.75) is 39.8 Å². The van der Waals surface area contributed by atoms with E-state index in [1.165, 1.54) is 29.2 Å². The Morgan fingerprint density at radius 1 is 1.24 bits per heavy atom. The van der Waals surface area contributed by atoms with E-state index >= 15 is 0 Å². The van der Waals surface area contributed by atoms with Crippen molar-refractivity contribution in [1.29, 1.82) is 0 Å². The minimum atomic E-state index is 0.712. The minimum Gasteiger partial charge on any atom is -0.316 e. The van der Waals surface area contributed by atoms with Crippen LogP contribution in [-0.2, 0) is 13.0 Å². The lowest BCUT2D eigenvalue weighted by Crippen LogP contribution is -2.39. The standard InChI is InChI=1S/C18H30N2S/c1-15(2)12-19-9-8-17-4-6-18(7-5-17)13-20-10-11-21-14-16(20)3/h4-7,15-16,19H,8-14H2,1-3H3. The molecular weight excluding hydrogens is 276 g/mol. The topological polar surface area (TPSA) is 15.3 Å². The quantitative estimate of drug-likeness (QED) is 0.777. The van der Waals surface area contributed by atoms with Crippen LogP contribution in [0.1, 0.15) is 31.9 Å². The van der Waals surface area contributed by atoms with E-state index in [2.05, 4.69) is 67.0 Å². The summed E-state index contributed by atoms with van der Waals surface area (Å²) in [5, 5.41) is 3.51. The van der Waals surface area contributed by atoms with Crippen molar-refractivity contribution in [3.63, 3.8) is 0 Å². The number of nitrogens with zero attached hydrogens (tertiary/aromatic N) is 1. The predicted molar refractivity (Wildman–Crippen MR) is 95.1 cm³/mol. The molecule has 3 heteroatoms. The van der Waals surface area contributed by atoms with Crippen LogP contribution < -0.4 is 5.32 Å². The molecule has 0 spiro atoms. The molecule has 1 N–H and O–H groups in total. The molecule has 1 aliphatic rings. The van der Waals surface area contributed by atoms with E-state index in [1.54, 1.807) is 0 Å². The van der Waals surface area contributed by atoms with Gasteiger partial charge in [-0.25, -0.2) is 0 Å². The largest absolute Gasteiger partial charge is 0.316 e. The van der Waals surface area contributed by atoms with Crippen LogP contribution in [0.3, 0.4) is 0 Å². The lowest BCUT2D eigenvalue weighted by Gasteiger charge is -2.33. The van der Waals surface area contributed by atoms with E-state index < -0.39 is 0 Å². The summed E-state index contributed by atoms with van der Waals surface area (Å²) in [6.45, 7) is 11.4.